The molecule has 0 unspecified atom stereocenters. The van der Waals surface area contributed by atoms with Crippen molar-refractivity contribution in [2.75, 3.05) is 13.2 Å². The summed E-state index contributed by atoms with van der Waals surface area (Å²) in [4.78, 5) is 4.32. The Balaban J connectivity index is 0.00000220. The van der Waals surface area contributed by atoms with Gasteiger partial charge in [0.05, 0.1) is 6.54 Å². The van der Waals surface area contributed by atoms with Crippen molar-refractivity contribution in [1.29, 1.82) is 0 Å². The summed E-state index contributed by atoms with van der Waals surface area (Å²) in [5.74, 6) is 1.46. The van der Waals surface area contributed by atoms with Crippen LogP contribution in [0.2, 0.25) is 0 Å². The molecule has 0 aromatic heterocycles. The Morgan fingerprint density at radius 2 is 2.00 bits per heavy atom. The SMILES string of the molecule is Cc1ccccc1OCCN=C(N)NC1CCCCC1.I. The van der Waals surface area contributed by atoms with Crippen LogP contribution in [0, 0.1) is 6.92 Å². The summed E-state index contributed by atoms with van der Waals surface area (Å²) in [6.45, 7) is 3.18. The molecule has 0 spiro atoms. The van der Waals surface area contributed by atoms with Gasteiger partial charge in [0.1, 0.15) is 12.4 Å². The summed E-state index contributed by atoms with van der Waals surface area (Å²) < 4.78 is 5.69. The van der Waals surface area contributed by atoms with E-state index in [1.165, 1.54) is 32.1 Å². The molecule has 0 atom stereocenters. The van der Waals surface area contributed by atoms with Gasteiger partial charge in [-0.1, -0.05) is 37.5 Å². The van der Waals surface area contributed by atoms with Gasteiger partial charge in [-0.2, -0.15) is 0 Å². The minimum Gasteiger partial charge on any atom is -0.491 e. The van der Waals surface area contributed by atoms with Crippen LogP contribution in [0.1, 0.15) is 37.7 Å². The zero-order valence-electron chi connectivity index (χ0n) is 12.7. The lowest BCUT2D eigenvalue weighted by atomic mass is 9.96. The number of ether oxygens (including phenoxy) is 1. The Morgan fingerprint density at radius 1 is 1.29 bits per heavy atom. The molecule has 1 fully saturated rings. The van der Waals surface area contributed by atoms with Crippen LogP contribution in [0.4, 0.5) is 0 Å². The van der Waals surface area contributed by atoms with E-state index in [0.717, 1.165) is 11.3 Å². The molecule has 0 bridgehead atoms. The molecule has 1 aromatic rings. The van der Waals surface area contributed by atoms with E-state index in [1.807, 2.05) is 31.2 Å². The Bertz CT molecular complexity index is 445. The number of aryl methyl sites for hydroxylation is 1. The van der Waals surface area contributed by atoms with E-state index in [1.54, 1.807) is 0 Å². The van der Waals surface area contributed by atoms with Gasteiger partial charge in [0, 0.05) is 6.04 Å². The molecule has 5 heteroatoms. The summed E-state index contributed by atoms with van der Waals surface area (Å²) in [5, 5.41) is 3.30. The lowest BCUT2D eigenvalue weighted by Gasteiger charge is -2.23. The van der Waals surface area contributed by atoms with Crippen molar-refractivity contribution >= 4 is 29.9 Å². The van der Waals surface area contributed by atoms with Crippen LogP contribution in [0.25, 0.3) is 0 Å². The van der Waals surface area contributed by atoms with E-state index < -0.39 is 0 Å². The monoisotopic (exact) mass is 403 g/mol. The number of guanidine groups is 1. The van der Waals surface area contributed by atoms with E-state index in [9.17, 15) is 0 Å². The van der Waals surface area contributed by atoms with E-state index in [4.69, 9.17) is 10.5 Å². The number of nitrogens with two attached hydrogens (primary N) is 1. The first-order valence-electron chi connectivity index (χ1n) is 7.50. The van der Waals surface area contributed by atoms with Crippen molar-refractivity contribution < 1.29 is 4.74 Å². The van der Waals surface area contributed by atoms with E-state index in [-0.39, 0.29) is 24.0 Å². The molecule has 0 heterocycles. The quantitative estimate of drug-likeness (QED) is 0.344. The predicted molar refractivity (Wildman–Crippen MR) is 98.6 cm³/mol. The molecule has 3 N–H and O–H groups in total. The molecule has 118 valence electrons. The van der Waals surface area contributed by atoms with Gasteiger partial charge in [-0.25, -0.2) is 4.99 Å². The minimum atomic E-state index is 0. The fourth-order valence-corrected chi connectivity index (χ4v) is 2.54. The molecular weight excluding hydrogens is 377 g/mol. The van der Waals surface area contributed by atoms with Gasteiger partial charge in [0.2, 0.25) is 0 Å². The Hall–Kier alpha value is -0.980. The van der Waals surface area contributed by atoms with Crippen LogP contribution >= 0.6 is 24.0 Å². The molecule has 1 aromatic carbocycles. The number of hydrogen-bond acceptors (Lipinski definition) is 2. The maximum Gasteiger partial charge on any atom is 0.188 e. The van der Waals surface area contributed by atoms with E-state index in [0.29, 0.717) is 25.2 Å². The first-order valence-corrected chi connectivity index (χ1v) is 7.50. The maximum absolute atomic E-state index is 5.90. The average Bonchev–Trinajstić information content (AvgIpc) is 2.46. The molecule has 0 saturated heterocycles. The normalized spacial score (nSPS) is 16.1. The second kappa shape index (κ2) is 9.87. The maximum atomic E-state index is 5.90. The van der Waals surface area contributed by atoms with Crippen molar-refractivity contribution in [2.45, 2.75) is 45.1 Å². The zero-order valence-corrected chi connectivity index (χ0v) is 15.0. The highest BCUT2D eigenvalue weighted by Crippen LogP contribution is 2.17. The molecular formula is C16H26IN3O. The molecule has 1 aliphatic carbocycles. The molecule has 21 heavy (non-hydrogen) atoms. The van der Waals surface area contributed by atoms with Crippen LogP contribution in [0.5, 0.6) is 5.75 Å². The highest BCUT2D eigenvalue weighted by atomic mass is 127. The lowest BCUT2D eigenvalue weighted by molar-refractivity contribution is 0.326. The zero-order chi connectivity index (χ0) is 14.2. The number of aliphatic imine (C=N–C) groups is 1. The third-order valence-corrected chi connectivity index (χ3v) is 3.68. The standard InChI is InChI=1S/C16H25N3O.HI/c1-13-7-5-6-10-15(13)20-12-11-18-16(17)19-14-8-3-2-4-9-14;/h5-7,10,14H,2-4,8-9,11-12H2,1H3,(H3,17,18,19);1H. The largest absolute Gasteiger partial charge is 0.491 e. The minimum absolute atomic E-state index is 0. The first kappa shape index (κ1) is 18.1. The van der Waals surface area contributed by atoms with Crippen molar-refractivity contribution in [3.63, 3.8) is 0 Å². The smallest absolute Gasteiger partial charge is 0.188 e. The molecule has 2 rings (SSSR count). The Kier molecular flexibility index (Phi) is 8.49. The molecule has 0 radical (unpaired) electrons. The number of halogens is 1. The van der Waals surface area contributed by atoms with Gasteiger partial charge < -0.3 is 15.8 Å². The van der Waals surface area contributed by atoms with Gasteiger partial charge in [-0.05, 0) is 31.4 Å². The second-order valence-corrected chi connectivity index (χ2v) is 5.36. The summed E-state index contributed by atoms with van der Waals surface area (Å²) in [7, 11) is 0. The number of rotatable bonds is 5. The van der Waals surface area contributed by atoms with Crippen LogP contribution in [-0.2, 0) is 0 Å². The summed E-state index contributed by atoms with van der Waals surface area (Å²) in [6.07, 6.45) is 6.34. The van der Waals surface area contributed by atoms with Gasteiger partial charge >= 0.3 is 0 Å². The average molecular weight is 403 g/mol. The summed E-state index contributed by atoms with van der Waals surface area (Å²) in [5.41, 5.74) is 7.04. The third-order valence-electron chi connectivity index (χ3n) is 3.68. The topological polar surface area (TPSA) is 59.6 Å². The first-order chi connectivity index (χ1) is 9.75. The number of hydrogen-bond donors (Lipinski definition) is 2. The van der Waals surface area contributed by atoms with Crippen LogP contribution < -0.4 is 15.8 Å². The highest BCUT2D eigenvalue weighted by Gasteiger charge is 2.13. The predicted octanol–water partition coefficient (Wildman–Crippen LogP) is 3.23. The van der Waals surface area contributed by atoms with Crippen LogP contribution in [0.3, 0.4) is 0 Å². The summed E-state index contributed by atoms with van der Waals surface area (Å²) in [6, 6.07) is 8.50. The molecule has 1 saturated carbocycles. The molecule has 0 aliphatic heterocycles. The van der Waals surface area contributed by atoms with Gasteiger partial charge in [0.25, 0.3) is 0 Å². The van der Waals surface area contributed by atoms with Crippen molar-refractivity contribution in [3.8, 4) is 5.75 Å². The summed E-state index contributed by atoms with van der Waals surface area (Å²) >= 11 is 0. The molecule has 4 nitrogen and oxygen atoms in total. The van der Waals surface area contributed by atoms with Crippen molar-refractivity contribution in [1.82, 2.24) is 5.32 Å². The Labute approximate surface area is 144 Å². The fourth-order valence-electron chi connectivity index (χ4n) is 2.54. The number of para-hydroxylation sites is 1. The van der Waals surface area contributed by atoms with Gasteiger partial charge in [-0.15, -0.1) is 24.0 Å². The number of nitrogens with one attached hydrogen (secondary N) is 1. The lowest BCUT2D eigenvalue weighted by Crippen LogP contribution is -2.41. The van der Waals surface area contributed by atoms with Crippen LogP contribution in [0.15, 0.2) is 29.3 Å². The fraction of sp³-hybridized carbons (Fsp3) is 0.562. The van der Waals surface area contributed by atoms with E-state index in [2.05, 4.69) is 10.3 Å². The van der Waals surface area contributed by atoms with Crippen molar-refractivity contribution in [2.24, 2.45) is 10.7 Å². The van der Waals surface area contributed by atoms with Gasteiger partial charge in [0.15, 0.2) is 5.96 Å². The number of nitrogens with zero attached hydrogens (tertiary/aromatic N) is 1. The number of benzene rings is 1. The van der Waals surface area contributed by atoms with E-state index >= 15 is 0 Å². The second-order valence-electron chi connectivity index (χ2n) is 5.36. The highest BCUT2D eigenvalue weighted by molar-refractivity contribution is 14.0. The third kappa shape index (κ3) is 6.54. The van der Waals surface area contributed by atoms with Crippen molar-refractivity contribution in [3.05, 3.63) is 29.8 Å². The molecule has 1 aliphatic rings. The van der Waals surface area contributed by atoms with Crippen LogP contribution in [-0.4, -0.2) is 25.2 Å². The van der Waals surface area contributed by atoms with Gasteiger partial charge in [-0.3, -0.25) is 0 Å². The molecule has 0 amide bonds. The Morgan fingerprint density at radius 3 is 2.71 bits per heavy atom.